The summed E-state index contributed by atoms with van der Waals surface area (Å²) in [6.45, 7) is 4.40. The maximum atomic E-state index is 12.8. The number of H-pyrrole nitrogens is 1. The smallest absolute Gasteiger partial charge is 0.258 e. The summed E-state index contributed by atoms with van der Waals surface area (Å²) in [4.78, 5) is 18.8. The van der Waals surface area contributed by atoms with Crippen LogP contribution in [0.2, 0.25) is 0 Å². The number of aryl methyl sites for hydroxylation is 2. The Kier molecular flexibility index (Phi) is 3.26. The Bertz CT molecular complexity index is 597. The average Bonchev–Trinajstić information content (AvgIpc) is 3.23. The number of carbonyl (C=O) groups excluding carboxylic acids is 1. The molecule has 0 bridgehead atoms. The van der Waals surface area contributed by atoms with E-state index in [4.69, 9.17) is 0 Å². The first-order valence-corrected chi connectivity index (χ1v) is 6.88. The van der Waals surface area contributed by atoms with Gasteiger partial charge in [-0.2, -0.15) is 5.10 Å². The molecule has 1 N–H and O–H groups in total. The second-order valence-electron chi connectivity index (χ2n) is 5.33. The monoisotopic (exact) mass is 270 g/mol. The predicted molar refractivity (Wildman–Crippen MR) is 75.2 cm³/mol. The van der Waals surface area contributed by atoms with E-state index in [1.165, 1.54) is 0 Å². The van der Waals surface area contributed by atoms with Gasteiger partial charge in [0, 0.05) is 30.7 Å². The highest BCUT2D eigenvalue weighted by Gasteiger charge is 2.34. The molecular weight excluding hydrogens is 252 g/mol. The Balaban J connectivity index is 1.86. The minimum Gasteiger partial charge on any atom is -0.331 e. The van der Waals surface area contributed by atoms with Gasteiger partial charge >= 0.3 is 0 Å². The topological polar surface area (TPSA) is 61.9 Å². The Hall–Kier alpha value is -2.17. The summed E-state index contributed by atoms with van der Waals surface area (Å²) in [6.07, 6.45) is 5.71. The third-order valence-electron chi connectivity index (χ3n) is 3.69. The van der Waals surface area contributed by atoms with Gasteiger partial charge in [0.15, 0.2) is 0 Å². The lowest BCUT2D eigenvalue weighted by atomic mass is 10.1. The molecule has 1 fully saturated rings. The van der Waals surface area contributed by atoms with Crippen molar-refractivity contribution >= 4 is 5.91 Å². The lowest BCUT2D eigenvalue weighted by Gasteiger charge is -2.22. The van der Waals surface area contributed by atoms with E-state index < -0.39 is 0 Å². The molecule has 1 aliphatic rings. The molecule has 0 aromatic carbocycles. The number of nitrogens with one attached hydrogen (secondary N) is 1. The average molecular weight is 270 g/mol. The maximum Gasteiger partial charge on any atom is 0.258 e. The molecule has 0 radical (unpaired) electrons. The molecule has 0 spiro atoms. The summed E-state index contributed by atoms with van der Waals surface area (Å²) < 4.78 is 0. The molecule has 1 saturated carbocycles. The van der Waals surface area contributed by atoms with Gasteiger partial charge in [0.05, 0.1) is 11.3 Å². The SMILES string of the molecule is Cc1n[nH]c(C)c1C(=O)N(Cc1ccncc1)C1CC1. The highest BCUT2D eigenvalue weighted by Crippen LogP contribution is 2.30. The zero-order valence-electron chi connectivity index (χ0n) is 11.8. The normalized spacial score (nSPS) is 14.3. The van der Waals surface area contributed by atoms with Crippen LogP contribution >= 0.6 is 0 Å². The fourth-order valence-corrected chi connectivity index (χ4v) is 2.45. The number of aromatic nitrogens is 3. The summed E-state index contributed by atoms with van der Waals surface area (Å²) in [5.41, 5.74) is 3.44. The van der Waals surface area contributed by atoms with Gasteiger partial charge in [-0.15, -0.1) is 0 Å². The largest absolute Gasteiger partial charge is 0.331 e. The molecule has 1 aliphatic carbocycles. The van der Waals surface area contributed by atoms with Crippen molar-refractivity contribution in [1.82, 2.24) is 20.1 Å². The van der Waals surface area contributed by atoms with Gasteiger partial charge in [-0.1, -0.05) is 0 Å². The molecule has 0 aliphatic heterocycles. The molecule has 104 valence electrons. The Morgan fingerprint density at radius 1 is 1.35 bits per heavy atom. The molecule has 5 heteroatoms. The Labute approximate surface area is 118 Å². The number of aromatic amines is 1. The van der Waals surface area contributed by atoms with E-state index in [1.807, 2.05) is 30.9 Å². The van der Waals surface area contributed by atoms with Crippen molar-refractivity contribution in [1.29, 1.82) is 0 Å². The molecule has 0 atom stereocenters. The van der Waals surface area contributed by atoms with Gasteiger partial charge in [0.1, 0.15) is 0 Å². The van der Waals surface area contributed by atoms with E-state index in [2.05, 4.69) is 15.2 Å². The third kappa shape index (κ3) is 2.43. The molecular formula is C15H18N4O. The second kappa shape index (κ2) is 5.07. The van der Waals surface area contributed by atoms with Crippen molar-refractivity contribution in [2.75, 3.05) is 0 Å². The molecule has 20 heavy (non-hydrogen) atoms. The summed E-state index contributed by atoms with van der Waals surface area (Å²) in [7, 11) is 0. The van der Waals surface area contributed by atoms with E-state index in [9.17, 15) is 4.79 Å². The first kappa shape index (κ1) is 12.8. The highest BCUT2D eigenvalue weighted by molar-refractivity contribution is 5.96. The van der Waals surface area contributed by atoms with Crippen LogP contribution in [0, 0.1) is 13.8 Å². The van der Waals surface area contributed by atoms with Crippen LogP contribution in [-0.2, 0) is 6.54 Å². The minimum atomic E-state index is 0.0769. The molecule has 3 rings (SSSR count). The standard InChI is InChI=1S/C15H18N4O/c1-10-14(11(2)18-17-10)15(20)19(13-3-4-13)9-12-5-7-16-8-6-12/h5-8,13H,3-4,9H2,1-2H3,(H,17,18). The van der Waals surface area contributed by atoms with Crippen LogP contribution in [0.15, 0.2) is 24.5 Å². The van der Waals surface area contributed by atoms with Crippen LogP contribution in [0.1, 0.15) is 40.2 Å². The van der Waals surface area contributed by atoms with Crippen LogP contribution in [0.25, 0.3) is 0 Å². The molecule has 2 heterocycles. The van der Waals surface area contributed by atoms with Crippen LogP contribution in [-0.4, -0.2) is 32.0 Å². The molecule has 2 aromatic heterocycles. The van der Waals surface area contributed by atoms with Gasteiger partial charge in [0.25, 0.3) is 5.91 Å². The number of amides is 1. The Morgan fingerprint density at radius 2 is 2.05 bits per heavy atom. The number of rotatable bonds is 4. The molecule has 2 aromatic rings. The zero-order chi connectivity index (χ0) is 14.1. The predicted octanol–water partition coefficient (Wildman–Crippen LogP) is 2.23. The second-order valence-corrected chi connectivity index (χ2v) is 5.33. The van der Waals surface area contributed by atoms with E-state index >= 15 is 0 Å². The lowest BCUT2D eigenvalue weighted by molar-refractivity contribution is 0.0728. The van der Waals surface area contributed by atoms with Crippen LogP contribution in [0.4, 0.5) is 0 Å². The Morgan fingerprint density at radius 3 is 2.60 bits per heavy atom. The van der Waals surface area contributed by atoms with Crippen molar-refractivity contribution in [2.45, 2.75) is 39.3 Å². The van der Waals surface area contributed by atoms with Gasteiger partial charge in [-0.05, 0) is 44.4 Å². The summed E-state index contributed by atoms with van der Waals surface area (Å²) >= 11 is 0. The summed E-state index contributed by atoms with van der Waals surface area (Å²) in [5.74, 6) is 0.0769. The highest BCUT2D eigenvalue weighted by atomic mass is 16.2. The summed E-state index contributed by atoms with van der Waals surface area (Å²) in [5, 5.41) is 7.01. The molecule has 0 unspecified atom stereocenters. The fraction of sp³-hybridized carbons (Fsp3) is 0.400. The third-order valence-corrected chi connectivity index (χ3v) is 3.69. The number of hydrogen-bond acceptors (Lipinski definition) is 3. The fourth-order valence-electron chi connectivity index (χ4n) is 2.45. The molecule has 5 nitrogen and oxygen atoms in total. The van der Waals surface area contributed by atoms with Gasteiger partial charge in [-0.25, -0.2) is 0 Å². The quantitative estimate of drug-likeness (QED) is 0.926. The molecule has 1 amide bonds. The van der Waals surface area contributed by atoms with Crippen molar-refractivity contribution in [3.8, 4) is 0 Å². The number of hydrogen-bond donors (Lipinski definition) is 1. The van der Waals surface area contributed by atoms with Crippen LogP contribution < -0.4 is 0 Å². The number of carbonyl (C=O) groups is 1. The number of pyridine rings is 1. The van der Waals surface area contributed by atoms with Crippen molar-refractivity contribution in [2.24, 2.45) is 0 Å². The molecule has 0 saturated heterocycles. The van der Waals surface area contributed by atoms with E-state index in [0.29, 0.717) is 18.2 Å². The van der Waals surface area contributed by atoms with E-state index in [0.717, 1.165) is 29.8 Å². The minimum absolute atomic E-state index is 0.0769. The maximum absolute atomic E-state index is 12.8. The van der Waals surface area contributed by atoms with Gasteiger partial charge in [-0.3, -0.25) is 14.9 Å². The van der Waals surface area contributed by atoms with Crippen LogP contribution in [0.5, 0.6) is 0 Å². The van der Waals surface area contributed by atoms with Crippen LogP contribution in [0.3, 0.4) is 0 Å². The van der Waals surface area contributed by atoms with Crippen molar-refractivity contribution in [3.05, 3.63) is 47.0 Å². The van der Waals surface area contributed by atoms with Gasteiger partial charge in [0.2, 0.25) is 0 Å². The number of nitrogens with zero attached hydrogens (tertiary/aromatic N) is 3. The lowest BCUT2D eigenvalue weighted by Crippen LogP contribution is -2.33. The van der Waals surface area contributed by atoms with Crippen molar-refractivity contribution < 1.29 is 4.79 Å². The summed E-state index contributed by atoms with van der Waals surface area (Å²) in [6, 6.07) is 4.28. The van der Waals surface area contributed by atoms with Gasteiger partial charge < -0.3 is 4.90 Å². The van der Waals surface area contributed by atoms with Crippen molar-refractivity contribution in [3.63, 3.8) is 0 Å². The van der Waals surface area contributed by atoms with E-state index in [-0.39, 0.29) is 5.91 Å². The first-order chi connectivity index (χ1) is 9.66. The van der Waals surface area contributed by atoms with E-state index in [1.54, 1.807) is 12.4 Å². The zero-order valence-corrected chi connectivity index (χ0v) is 11.8. The first-order valence-electron chi connectivity index (χ1n) is 6.88.